The highest BCUT2D eigenvalue weighted by Crippen LogP contribution is 2.40. The molecule has 0 aromatic heterocycles. The number of hydrogen-bond donors (Lipinski definition) is 1. The van der Waals surface area contributed by atoms with Gasteiger partial charge in [-0.15, -0.1) is 0 Å². The van der Waals surface area contributed by atoms with Crippen molar-refractivity contribution in [2.24, 2.45) is 5.92 Å². The maximum absolute atomic E-state index is 11.7. The Labute approximate surface area is 129 Å². The van der Waals surface area contributed by atoms with Gasteiger partial charge in [-0.05, 0) is 31.2 Å². The Bertz CT molecular complexity index is 586. The third-order valence-corrected chi connectivity index (χ3v) is 6.49. The second-order valence-electron chi connectivity index (χ2n) is 5.47. The maximum Gasteiger partial charge on any atom is 0.150 e. The fraction of sp³-hybridized carbons (Fsp3) is 0.571. The van der Waals surface area contributed by atoms with Crippen LogP contribution in [0.3, 0.4) is 0 Å². The van der Waals surface area contributed by atoms with Crippen molar-refractivity contribution in [3.05, 3.63) is 33.8 Å². The molecule has 0 spiro atoms. The molecule has 1 aliphatic carbocycles. The topological polar surface area (TPSA) is 54.4 Å². The van der Waals surface area contributed by atoms with Crippen LogP contribution in [-0.2, 0) is 9.84 Å². The number of aliphatic hydroxyl groups excluding tert-OH is 1. The first-order chi connectivity index (χ1) is 9.30. The summed E-state index contributed by atoms with van der Waals surface area (Å²) in [6.45, 7) is 0. The smallest absolute Gasteiger partial charge is 0.150 e. The molecule has 1 N–H and O–H groups in total. The van der Waals surface area contributed by atoms with Crippen LogP contribution in [0.2, 0.25) is 10.0 Å². The van der Waals surface area contributed by atoms with Gasteiger partial charge in [-0.25, -0.2) is 8.42 Å². The fourth-order valence-electron chi connectivity index (χ4n) is 2.86. The highest BCUT2D eigenvalue weighted by atomic mass is 35.5. The van der Waals surface area contributed by atoms with Crippen LogP contribution in [0.5, 0.6) is 0 Å². The molecule has 1 saturated carbocycles. The van der Waals surface area contributed by atoms with Gasteiger partial charge in [0.1, 0.15) is 9.84 Å². The molecule has 3 atom stereocenters. The van der Waals surface area contributed by atoms with Crippen molar-refractivity contribution in [3.8, 4) is 0 Å². The summed E-state index contributed by atoms with van der Waals surface area (Å²) in [5, 5.41) is 10.9. The van der Waals surface area contributed by atoms with Gasteiger partial charge in [0.15, 0.2) is 0 Å². The van der Waals surface area contributed by atoms with E-state index in [1.807, 2.05) is 0 Å². The zero-order valence-corrected chi connectivity index (χ0v) is 13.5. The van der Waals surface area contributed by atoms with Gasteiger partial charge in [0, 0.05) is 11.8 Å². The van der Waals surface area contributed by atoms with Crippen molar-refractivity contribution in [2.45, 2.75) is 37.0 Å². The van der Waals surface area contributed by atoms with Gasteiger partial charge in [-0.2, -0.15) is 0 Å². The van der Waals surface area contributed by atoms with E-state index >= 15 is 0 Å². The lowest BCUT2D eigenvalue weighted by molar-refractivity contribution is 0.0858. The molecule has 1 aromatic carbocycles. The Morgan fingerprint density at radius 2 is 2.00 bits per heavy atom. The molecule has 1 aliphatic rings. The van der Waals surface area contributed by atoms with Crippen LogP contribution < -0.4 is 0 Å². The fourth-order valence-corrected chi connectivity index (χ4v) is 4.47. The van der Waals surface area contributed by atoms with E-state index in [1.165, 1.54) is 6.26 Å². The van der Waals surface area contributed by atoms with Gasteiger partial charge < -0.3 is 5.11 Å². The van der Waals surface area contributed by atoms with E-state index in [1.54, 1.807) is 18.2 Å². The van der Waals surface area contributed by atoms with Crippen LogP contribution >= 0.6 is 23.2 Å². The number of sulfone groups is 1. The molecule has 0 amide bonds. The molecule has 0 radical (unpaired) electrons. The van der Waals surface area contributed by atoms with Gasteiger partial charge >= 0.3 is 0 Å². The maximum atomic E-state index is 11.7. The van der Waals surface area contributed by atoms with Gasteiger partial charge in [-0.3, -0.25) is 0 Å². The second kappa shape index (κ2) is 6.22. The van der Waals surface area contributed by atoms with Crippen LogP contribution in [0.4, 0.5) is 0 Å². The first kappa shape index (κ1) is 16.1. The second-order valence-corrected chi connectivity index (χ2v) is 8.58. The molecule has 2 rings (SSSR count). The minimum atomic E-state index is -3.06. The van der Waals surface area contributed by atoms with Crippen LogP contribution in [0.15, 0.2) is 18.2 Å². The summed E-state index contributed by atoms with van der Waals surface area (Å²) < 4.78 is 23.4. The lowest BCUT2D eigenvalue weighted by Crippen LogP contribution is -2.30. The Kier molecular flexibility index (Phi) is 5.00. The zero-order valence-electron chi connectivity index (χ0n) is 11.2. The number of hydrogen-bond acceptors (Lipinski definition) is 3. The molecule has 0 heterocycles. The average molecular weight is 337 g/mol. The summed E-state index contributed by atoms with van der Waals surface area (Å²) >= 11 is 12.1. The number of benzene rings is 1. The minimum absolute atomic E-state index is 0.0977. The van der Waals surface area contributed by atoms with Crippen LogP contribution in [0.25, 0.3) is 0 Å². The first-order valence-electron chi connectivity index (χ1n) is 6.61. The third-order valence-electron chi connectivity index (χ3n) is 4.02. The van der Waals surface area contributed by atoms with Crippen LogP contribution in [-0.4, -0.2) is 25.0 Å². The van der Waals surface area contributed by atoms with Crippen LogP contribution in [0.1, 0.15) is 37.4 Å². The average Bonchev–Trinajstić information content (AvgIpc) is 2.40. The molecule has 0 bridgehead atoms. The monoisotopic (exact) mass is 336 g/mol. The van der Waals surface area contributed by atoms with Crippen molar-refractivity contribution >= 4 is 33.0 Å². The normalized spacial score (nSPS) is 25.4. The summed E-state index contributed by atoms with van der Waals surface area (Å²) in [5.41, 5.74) is 0.582. The molecule has 1 aromatic rings. The third kappa shape index (κ3) is 3.48. The minimum Gasteiger partial charge on any atom is -0.388 e. The Hall–Kier alpha value is -0.290. The van der Waals surface area contributed by atoms with Crippen molar-refractivity contribution in [3.63, 3.8) is 0 Å². The lowest BCUT2D eigenvalue weighted by Gasteiger charge is -2.31. The summed E-state index contributed by atoms with van der Waals surface area (Å²) in [7, 11) is -3.06. The molecular weight excluding hydrogens is 319 g/mol. The summed E-state index contributed by atoms with van der Waals surface area (Å²) in [5.74, 6) is -0.0977. The van der Waals surface area contributed by atoms with E-state index in [0.717, 1.165) is 12.8 Å². The largest absolute Gasteiger partial charge is 0.388 e. The molecule has 3 unspecified atom stereocenters. The first-order valence-corrected chi connectivity index (χ1v) is 9.32. The molecule has 3 nitrogen and oxygen atoms in total. The lowest BCUT2D eigenvalue weighted by atomic mass is 9.82. The molecule has 0 aliphatic heterocycles. The van der Waals surface area contributed by atoms with Gasteiger partial charge in [0.05, 0.1) is 21.4 Å². The highest BCUT2D eigenvalue weighted by molar-refractivity contribution is 7.91. The molecular formula is C14H18Cl2O3S. The van der Waals surface area contributed by atoms with Crippen molar-refractivity contribution < 1.29 is 13.5 Å². The van der Waals surface area contributed by atoms with E-state index in [4.69, 9.17) is 23.2 Å². The SMILES string of the molecule is CS(=O)(=O)C1CCCC(C(O)c2cccc(Cl)c2Cl)C1. The summed E-state index contributed by atoms with van der Waals surface area (Å²) in [6.07, 6.45) is 3.24. The Morgan fingerprint density at radius 3 is 2.65 bits per heavy atom. The zero-order chi connectivity index (χ0) is 14.9. The van der Waals surface area contributed by atoms with E-state index in [9.17, 15) is 13.5 Å². The predicted molar refractivity (Wildman–Crippen MR) is 82.0 cm³/mol. The number of rotatable bonds is 3. The molecule has 112 valence electrons. The molecule has 20 heavy (non-hydrogen) atoms. The molecule has 0 saturated heterocycles. The van der Waals surface area contributed by atoms with Gasteiger partial charge in [0.2, 0.25) is 0 Å². The summed E-state index contributed by atoms with van der Waals surface area (Å²) in [4.78, 5) is 0. The number of aliphatic hydroxyl groups is 1. The van der Waals surface area contributed by atoms with E-state index in [-0.39, 0.29) is 11.2 Å². The van der Waals surface area contributed by atoms with E-state index in [2.05, 4.69) is 0 Å². The van der Waals surface area contributed by atoms with Crippen molar-refractivity contribution in [2.75, 3.05) is 6.26 Å². The predicted octanol–water partition coefficient (Wildman–Crippen LogP) is 3.63. The standard InChI is InChI=1S/C14H18Cl2O3S/c1-20(18,19)10-5-2-4-9(8-10)14(17)11-6-3-7-12(15)13(11)16/h3,6-7,9-10,14,17H,2,4-5,8H2,1H3. The Morgan fingerprint density at radius 1 is 1.30 bits per heavy atom. The van der Waals surface area contributed by atoms with Crippen molar-refractivity contribution in [1.29, 1.82) is 0 Å². The van der Waals surface area contributed by atoms with E-state index < -0.39 is 15.9 Å². The Balaban J connectivity index is 2.21. The molecule has 6 heteroatoms. The summed E-state index contributed by atoms with van der Waals surface area (Å²) in [6, 6.07) is 5.15. The molecule has 1 fully saturated rings. The van der Waals surface area contributed by atoms with Crippen LogP contribution in [0, 0.1) is 5.92 Å². The van der Waals surface area contributed by atoms with Gasteiger partial charge in [0.25, 0.3) is 0 Å². The quantitative estimate of drug-likeness (QED) is 0.916. The van der Waals surface area contributed by atoms with E-state index in [0.29, 0.717) is 28.5 Å². The van der Waals surface area contributed by atoms with Crippen molar-refractivity contribution in [1.82, 2.24) is 0 Å². The highest BCUT2D eigenvalue weighted by Gasteiger charge is 2.33. The number of halogens is 2. The van der Waals surface area contributed by atoms with Gasteiger partial charge in [-0.1, -0.05) is 41.8 Å².